The second-order valence-corrected chi connectivity index (χ2v) is 7.19. The molecule has 3 nitrogen and oxygen atoms in total. The molecule has 0 radical (unpaired) electrons. The minimum absolute atomic E-state index is 0.0906. The van der Waals surface area contributed by atoms with Crippen LogP contribution in [0.1, 0.15) is 39.5 Å². The standard InChI is InChI=1S/C10H21NO2S/c1-8(2)14(12,13)10-6-4-9(11-3)5-7-10/h8-11H,4-7H2,1-3H3. The van der Waals surface area contributed by atoms with Crippen LogP contribution in [0.3, 0.4) is 0 Å². The van der Waals surface area contributed by atoms with Gasteiger partial charge in [-0.25, -0.2) is 8.42 Å². The molecule has 0 bridgehead atoms. The molecule has 0 heterocycles. The predicted octanol–water partition coefficient (Wildman–Crippen LogP) is 1.34. The maximum Gasteiger partial charge on any atom is 0.155 e. The highest BCUT2D eigenvalue weighted by Gasteiger charge is 2.32. The first-order chi connectivity index (χ1) is 6.48. The van der Waals surface area contributed by atoms with Gasteiger partial charge in [-0.3, -0.25) is 0 Å². The van der Waals surface area contributed by atoms with Gasteiger partial charge >= 0.3 is 0 Å². The van der Waals surface area contributed by atoms with Gasteiger partial charge in [0.25, 0.3) is 0 Å². The molecular weight excluding hydrogens is 198 g/mol. The first kappa shape index (κ1) is 12.0. The molecule has 0 unspecified atom stereocenters. The molecule has 1 saturated carbocycles. The third-order valence-electron chi connectivity index (χ3n) is 3.20. The lowest BCUT2D eigenvalue weighted by molar-refractivity contribution is 0.390. The van der Waals surface area contributed by atoms with Crippen LogP contribution in [0.25, 0.3) is 0 Å². The van der Waals surface area contributed by atoms with E-state index in [9.17, 15) is 8.42 Å². The first-order valence-corrected chi connectivity index (χ1v) is 6.99. The Labute approximate surface area is 87.2 Å². The fourth-order valence-corrected chi connectivity index (χ4v) is 3.76. The summed E-state index contributed by atoms with van der Waals surface area (Å²) in [4.78, 5) is 0. The second kappa shape index (κ2) is 4.62. The lowest BCUT2D eigenvalue weighted by atomic mass is 9.95. The fourth-order valence-electron chi connectivity index (χ4n) is 2.06. The van der Waals surface area contributed by atoms with Gasteiger partial charge < -0.3 is 5.32 Å². The zero-order valence-corrected chi connectivity index (χ0v) is 10.1. The summed E-state index contributed by atoms with van der Waals surface area (Å²) >= 11 is 0. The highest BCUT2D eigenvalue weighted by atomic mass is 32.2. The van der Waals surface area contributed by atoms with Gasteiger partial charge in [0.1, 0.15) is 0 Å². The molecule has 0 saturated heterocycles. The Hall–Kier alpha value is -0.0900. The van der Waals surface area contributed by atoms with Gasteiger partial charge in [-0.1, -0.05) is 0 Å². The minimum Gasteiger partial charge on any atom is -0.317 e. The van der Waals surface area contributed by atoms with Crippen LogP contribution in [0, 0.1) is 0 Å². The van der Waals surface area contributed by atoms with Crippen LogP contribution < -0.4 is 5.32 Å². The summed E-state index contributed by atoms with van der Waals surface area (Å²) in [6.45, 7) is 3.55. The number of hydrogen-bond acceptors (Lipinski definition) is 3. The van der Waals surface area contributed by atoms with Crippen molar-refractivity contribution in [2.75, 3.05) is 7.05 Å². The summed E-state index contributed by atoms with van der Waals surface area (Å²) < 4.78 is 23.7. The molecular formula is C10H21NO2S. The smallest absolute Gasteiger partial charge is 0.155 e. The van der Waals surface area contributed by atoms with Crippen LogP contribution >= 0.6 is 0 Å². The van der Waals surface area contributed by atoms with Crippen molar-refractivity contribution in [1.29, 1.82) is 0 Å². The van der Waals surface area contributed by atoms with Crippen molar-refractivity contribution >= 4 is 9.84 Å². The lowest BCUT2D eigenvalue weighted by Crippen LogP contribution is -2.37. The summed E-state index contributed by atoms with van der Waals surface area (Å²) in [5, 5.41) is 2.90. The van der Waals surface area contributed by atoms with Crippen LogP contribution in [0.15, 0.2) is 0 Å². The highest BCUT2D eigenvalue weighted by Crippen LogP contribution is 2.26. The maximum absolute atomic E-state index is 11.9. The molecule has 0 aromatic heterocycles. The van der Waals surface area contributed by atoms with Crippen molar-refractivity contribution in [1.82, 2.24) is 5.32 Å². The zero-order chi connectivity index (χ0) is 10.8. The zero-order valence-electron chi connectivity index (χ0n) is 9.29. The van der Waals surface area contributed by atoms with Crippen molar-refractivity contribution in [2.45, 2.75) is 56.1 Å². The Morgan fingerprint density at radius 1 is 1.14 bits per heavy atom. The van der Waals surface area contributed by atoms with Gasteiger partial charge in [0.15, 0.2) is 9.84 Å². The molecule has 84 valence electrons. The minimum atomic E-state index is -2.86. The van der Waals surface area contributed by atoms with E-state index in [1.165, 1.54) is 0 Å². The van der Waals surface area contributed by atoms with E-state index in [2.05, 4.69) is 5.32 Å². The summed E-state index contributed by atoms with van der Waals surface area (Å²) in [6, 6.07) is 0.522. The van der Waals surface area contributed by atoms with E-state index in [1.54, 1.807) is 13.8 Å². The fraction of sp³-hybridized carbons (Fsp3) is 1.00. The van der Waals surface area contributed by atoms with E-state index in [0.29, 0.717) is 6.04 Å². The molecule has 0 aromatic carbocycles. The molecule has 1 rings (SSSR count). The van der Waals surface area contributed by atoms with E-state index in [0.717, 1.165) is 25.7 Å². The maximum atomic E-state index is 11.9. The number of hydrogen-bond donors (Lipinski definition) is 1. The molecule has 0 amide bonds. The van der Waals surface area contributed by atoms with Crippen LogP contribution in [0.2, 0.25) is 0 Å². The molecule has 0 atom stereocenters. The van der Waals surface area contributed by atoms with Gasteiger partial charge in [0.05, 0.1) is 10.5 Å². The Kier molecular flexibility index (Phi) is 3.95. The average molecular weight is 219 g/mol. The summed E-state index contributed by atoms with van der Waals surface area (Å²) in [5.41, 5.74) is 0. The first-order valence-electron chi connectivity index (χ1n) is 5.38. The third kappa shape index (κ3) is 2.48. The van der Waals surface area contributed by atoms with Crippen LogP contribution in [0.5, 0.6) is 0 Å². The van der Waals surface area contributed by atoms with Crippen LogP contribution in [-0.4, -0.2) is 32.0 Å². The van der Waals surface area contributed by atoms with Crippen molar-refractivity contribution in [3.63, 3.8) is 0 Å². The highest BCUT2D eigenvalue weighted by molar-refractivity contribution is 7.92. The lowest BCUT2D eigenvalue weighted by Gasteiger charge is -2.29. The molecule has 1 aliphatic carbocycles. The normalized spacial score (nSPS) is 29.4. The SMILES string of the molecule is CNC1CCC(S(=O)(=O)C(C)C)CC1. The molecule has 4 heteroatoms. The van der Waals surface area contributed by atoms with Crippen molar-refractivity contribution in [2.24, 2.45) is 0 Å². The molecule has 0 spiro atoms. The Morgan fingerprint density at radius 3 is 2.00 bits per heavy atom. The van der Waals surface area contributed by atoms with E-state index >= 15 is 0 Å². The van der Waals surface area contributed by atoms with Gasteiger partial charge in [-0.2, -0.15) is 0 Å². The Bertz CT molecular complexity index is 264. The Balaban J connectivity index is 2.58. The summed E-state index contributed by atoms with van der Waals surface area (Å²) in [7, 11) is -0.913. The molecule has 1 fully saturated rings. The third-order valence-corrected chi connectivity index (χ3v) is 5.92. The predicted molar refractivity (Wildman–Crippen MR) is 59.2 cm³/mol. The van der Waals surface area contributed by atoms with E-state index < -0.39 is 9.84 Å². The Morgan fingerprint density at radius 2 is 1.64 bits per heavy atom. The van der Waals surface area contributed by atoms with Gasteiger partial charge in [0, 0.05) is 6.04 Å². The summed E-state index contributed by atoms with van der Waals surface area (Å²) in [6.07, 6.45) is 3.64. The average Bonchev–Trinajstić information content (AvgIpc) is 2.17. The van der Waals surface area contributed by atoms with E-state index in [4.69, 9.17) is 0 Å². The van der Waals surface area contributed by atoms with Gasteiger partial charge in [-0.05, 0) is 46.6 Å². The topological polar surface area (TPSA) is 46.2 Å². The number of rotatable bonds is 3. The van der Waals surface area contributed by atoms with Crippen LogP contribution in [0.4, 0.5) is 0 Å². The molecule has 0 aromatic rings. The van der Waals surface area contributed by atoms with Gasteiger partial charge in [0.2, 0.25) is 0 Å². The molecule has 1 aliphatic rings. The monoisotopic (exact) mass is 219 g/mol. The van der Waals surface area contributed by atoms with Gasteiger partial charge in [-0.15, -0.1) is 0 Å². The van der Waals surface area contributed by atoms with Crippen molar-refractivity contribution in [3.8, 4) is 0 Å². The largest absolute Gasteiger partial charge is 0.317 e. The van der Waals surface area contributed by atoms with Crippen molar-refractivity contribution in [3.05, 3.63) is 0 Å². The number of nitrogens with one attached hydrogen (secondary N) is 1. The molecule has 1 N–H and O–H groups in total. The quantitative estimate of drug-likeness (QED) is 0.779. The van der Waals surface area contributed by atoms with Crippen LogP contribution in [-0.2, 0) is 9.84 Å². The molecule has 14 heavy (non-hydrogen) atoms. The second-order valence-electron chi connectivity index (χ2n) is 4.40. The van der Waals surface area contributed by atoms with E-state index in [-0.39, 0.29) is 10.5 Å². The van der Waals surface area contributed by atoms with E-state index in [1.807, 2.05) is 7.05 Å². The number of sulfone groups is 1. The summed E-state index contributed by atoms with van der Waals surface area (Å²) in [5.74, 6) is 0. The molecule has 0 aliphatic heterocycles. The van der Waals surface area contributed by atoms with Crippen molar-refractivity contribution < 1.29 is 8.42 Å².